The van der Waals surface area contributed by atoms with Crippen LogP contribution >= 0.6 is 0 Å². The molecule has 0 saturated heterocycles. The number of sulfonamides is 1. The highest BCUT2D eigenvalue weighted by Gasteiger charge is 2.16. The van der Waals surface area contributed by atoms with Gasteiger partial charge in [0.1, 0.15) is 0 Å². The Kier molecular flexibility index (Phi) is 5.70. The fourth-order valence-electron chi connectivity index (χ4n) is 2.51. The van der Waals surface area contributed by atoms with E-state index in [1.54, 1.807) is 24.3 Å². The number of aromatic nitrogens is 2. The van der Waals surface area contributed by atoms with Gasteiger partial charge in [0.25, 0.3) is 10.0 Å². The molecule has 0 aliphatic heterocycles. The molecule has 2 N–H and O–H groups in total. The third kappa shape index (κ3) is 5.14. The first kappa shape index (κ1) is 19.5. The highest BCUT2D eigenvalue weighted by atomic mass is 32.2. The maximum Gasteiger partial charge on any atom is 0.285 e. The number of benzene rings is 2. The maximum absolute atomic E-state index is 12.8. The van der Waals surface area contributed by atoms with E-state index in [0.29, 0.717) is 5.69 Å². The third-order valence-electron chi connectivity index (χ3n) is 3.78. The lowest BCUT2D eigenvalue weighted by atomic mass is 10.2. The number of nitrogens with zero attached hydrogens (tertiary/aromatic N) is 3. The Bertz CT molecular complexity index is 1070. The summed E-state index contributed by atoms with van der Waals surface area (Å²) in [7, 11) is -3.93. The molecule has 2 aromatic carbocycles. The van der Waals surface area contributed by atoms with E-state index in [1.807, 2.05) is 45.0 Å². The van der Waals surface area contributed by atoms with Crippen LogP contribution in [0.25, 0.3) is 0 Å². The van der Waals surface area contributed by atoms with Gasteiger partial charge in [-0.1, -0.05) is 35.9 Å². The quantitative estimate of drug-likeness (QED) is 0.517. The van der Waals surface area contributed by atoms with E-state index in [0.717, 1.165) is 17.0 Å². The van der Waals surface area contributed by atoms with Crippen LogP contribution in [-0.4, -0.2) is 24.3 Å². The molecule has 144 valence electrons. The van der Waals surface area contributed by atoms with Gasteiger partial charge in [0.15, 0.2) is 0 Å². The summed E-state index contributed by atoms with van der Waals surface area (Å²) in [6, 6.07) is 17.5. The van der Waals surface area contributed by atoms with Crippen LogP contribution in [0.3, 0.4) is 0 Å². The molecular weight excluding hydrogens is 374 g/mol. The van der Waals surface area contributed by atoms with E-state index in [9.17, 15) is 8.42 Å². The second kappa shape index (κ2) is 8.18. The first-order chi connectivity index (χ1) is 13.3. The number of guanidine groups is 1. The lowest BCUT2D eigenvalue weighted by molar-refractivity contribution is 0.598. The van der Waals surface area contributed by atoms with E-state index in [-0.39, 0.29) is 16.8 Å². The second-order valence-corrected chi connectivity index (χ2v) is 7.92. The highest BCUT2D eigenvalue weighted by molar-refractivity contribution is 7.90. The Morgan fingerprint density at radius 3 is 2.07 bits per heavy atom. The zero-order valence-corrected chi connectivity index (χ0v) is 16.7. The molecule has 0 radical (unpaired) electrons. The highest BCUT2D eigenvalue weighted by Crippen LogP contribution is 2.15. The summed E-state index contributed by atoms with van der Waals surface area (Å²) in [5.41, 5.74) is 3.16. The lowest BCUT2D eigenvalue weighted by Gasteiger charge is -2.12. The molecule has 0 saturated carbocycles. The monoisotopic (exact) mass is 395 g/mol. The normalized spacial score (nSPS) is 11.9. The second-order valence-electron chi connectivity index (χ2n) is 6.32. The Balaban J connectivity index is 1.99. The summed E-state index contributed by atoms with van der Waals surface area (Å²) < 4.78 is 29.5. The predicted octanol–water partition coefficient (Wildman–Crippen LogP) is 3.67. The number of hydrogen-bond acceptors (Lipinski definition) is 4. The summed E-state index contributed by atoms with van der Waals surface area (Å²) in [6.45, 7) is 5.57. The van der Waals surface area contributed by atoms with Crippen molar-refractivity contribution in [2.75, 3.05) is 10.6 Å². The van der Waals surface area contributed by atoms with Crippen molar-refractivity contribution in [2.24, 2.45) is 4.40 Å². The minimum absolute atomic E-state index is 0.0109. The molecule has 0 spiro atoms. The molecule has 0 aliphatic rings. The molecule has 1 aromatic heterocycles. The molecule has 0 unspecified atom stereocenters. The number of hydrogen-bond donors (Lipinski definition) is 2. The Morgan fingerprint density at radius 1 is 0.857 bits per heavy atom. The van der Waals surface area contributed by atoms with Crippen molar-refractivity contribution in [3.63, 3.8) is 0 Å². The van der Waals surface area contributed by atoms with Gasteiger partial charge in [0, 0.05) is 17.1 Å². The maximum atomic E-state index is 12.8. The molecule has 3 aromatic rings. The van der Waals surface area contributed by atoms with Gasteiger partial charge < -0.3 is 5.32 Å². The van der Waals surface area contributed by atoms with Crippen LogP contribution in [0.1, 0.15) is 17.0 Å². The zero-order chi connectivity index (χ0) is 20.1. The topological polar surface area (TPSA) is 96.3 Å². The van der Waals surface area contributed by atoms with Crippen molar-refractivity contribution >= 4 is 27.6 Å². The standard InChI is InChI=1S/C20H21N5O2S/c1-14-9-11-18(12-10-14)28(26,27)25-20(23-17-7-5-4-6-8-17)24-19-21-15(2)13-16(3)22-19/h4-13H,1-3H3,(H2,21,22,23,24,25). The van der Waals surface area contributed by atoms with Crippen LogP contribution in [0.15, 0.2) is 70.0 Å². The molecule has 3 rings (SSSR count). The van der Waals surface area contributed by atoms with Crippen LogP contribution in [0.4, 0.5) is 11.6 Å². The molecule has 0 bridgehead atoms. The van der Waals surface area contributed by atoms with Gasteiger partial charge in [-0.15, -0.1) is 4.40 Å². The first-order valence-electron chi connectivity index (χ1n) is 8.65. The largest absolute Gasteiger partial charge is 0.325 e. The molecule has 1 heterocycles. The van der Waals surface area contributed by atoms with Crippen LogP contribution in [0.5, 0.6) is 0 Å². The molecule has 0 amide bonds. The third-order valence-corrected chi connectivity index (χ3v) is 5.07. The van der Waals surface area contributed by atoms with Crippen LogP contribution in [0, 0.1) is 20.8 Å². The Hall–Kier alpha value is -3.26. The number of nitrogens with one attached hydrogen (secondary N) is 2. The molecule has 0 aliphatic carbocycles. The van der Waals surface area contributed by atoms with Crippen molar-refractivity contribution < 1.29 is 8.42 Å². The van der Waals surface area contributed by atoms with E-state index in [2.05, 4.69) is 25.0 Å². The molecule has 0 fully saturated rings. The number of aryl methyl sites for hydroxylation is 3. The fraction of sp³-hybridized carbons (Fsp3) is 0.150. The summed E-state index contributed by atoms with van der Waals surface area (Å²) in [4.78, 5) is 8.69. The number of anilines is 2. The Morgan fingerprint density at radius 2 is 1.46 bits per heavy atom. The first-order valence-corrected chi connectivity index (χ1v) is 10.1. The molecule has 0 atom stereocenters. The predicted molar refractivity (Wildman–Crippen MR) is 111 cm³/mol. The van der Waals surface area contributed by atoms with Gasteiger partial charge in [0.05, 0.1) is 4.90 Å². The van der Waals surface area contributed by atoms with Crippen molar-refractivity contribution in [3.8, 4) is 0 Å². The number of para-hydroxylation sites is 1. The summed E-state index contributed by atoms with van der Waals surface area (Å²) in [5.74, 6) is 0.274. The van der Waals surface area contributed by atoms with E-state index in [1.165, 1.54) is 12.1 Å². The van der Waals surface area contributed by atoms with E-state index in [4.69, 9.17) is 0 Å². The molecule has 8 heteroatoms. The Labute approximate surface area is 164 Å². The van der Waals surface area contributed by atoms with Gasteiger partial charge in [-0.3, -0.25) is 5.32 Å². The van der Waals surface area contributed by atoms with Gasteiger partial charge in [-0.05, 0) is 51.1 Å². The van der Waals surface area contributed by atoms with Crippen LogP contribution < -0.4 is 10.6 Å². The van der Waals surface area contributed by atoms with E-state index >= 15 is 0 Å². The van der Waals surface area contributed by atoms with Crippen LogP contribution in [-0.2, 0) is 10.0 Å². The van der Waals surface area contributed by atoms with Gasteiger partial charge in [-0.25, -0.2) is 9.97 Å². The van der Waals surface area contributed by atoms with Crippen molar-refractivity contribution in [1.82, 2.24) is 9.97 Å². The molecule has 7 nitrogen and oxygen atoms in total. The summed E-state index contributed by atoms with van der Waals surface area (Å²) >= 11 is 0. The van der Waals surface area contributed by atoms with Gasteiger partial charge in [-0.2, -0.15) is 8.42 Å². The minimum atomic E-state index is -3.93. The molecule has 28 heavy (non-hydrogen) atoms. The average molecular weight is 395 g/mol. The zero-order valence-electron chi connectivity index (χ0n) is 15.8. The fourth-order valence-corrected chi connectivity index (χ4v) is 3.42. The summed E-state index contributed by atoms with van der Waals surface area (Å²) in [5, 5.41) is 5.87. The van der Waals surface area contributed by atoms with E-state index < -0.39 is 10.0 Å². The minimum Gasteiger partial charge on any atom is -0.325 e. The molecular formula is C20H21N5O2S. The van der Waals surface area contributed by atoms with Crippen molar-refractivity contribution in [3.05, 3.63) is 77.6 Å². The van der Waals surface area contributed by atoms with Gasteiger partial charge >= 0.3 is 0 Å². The average Bonchev–Trinajstić information content (AvgIpc) is 2.61. The van der Waals surface area contributed by atoms with Crippen molar-refractivity contribution in [1.29, 1.82) is 0 Å². The number of rotatable bonds is 4. The van der Waals surface area contributed by atoms with Gasteiger partial charge in [0.2, 0.25) is 11.9 Å². The summed E-state index contributed by atoms with van der Waals surface area (Å²) in [6.07, 6.45) is 0. The SMILES string of the molecule is Cc1ccc(S(=O)(=O)/N=C(\Nc2ccccc2)Nc2nc(C)cc(C)n2)cc1. The smallest absolute Gasteiger partial charge is 0.285 e. The van der Waals surface area contributed by atoms with Crippen LogP contribution in [0.2, 0.25) is 0 Å². The lowest BCUT2D eigenvalue weighted by Crippen LogP contribution is -2.25. The van der Waals surface area contributed by atoms with Crippen molar-refractivity contribution in [2.45, 2.75) is 25.7 Å².